The van der Waals surface area contributed by atoms with Crippen LogP contribution in [-0.4, -0.2) is 17.3 Å². The molecule has 0 aliphatic carbocycles. The Kier molecular flexibility index (Phi) is 5.35. The minimum atomic E-state index is -0.718. The monoisotopic (exact) mass is 333 g/mol. The SMILES string of the molecule is O=C(Nc1ccccc1Oc1ccccc1)ON=Cc1cccnc1. The van der Waals surface area contributed by atoms with Crippen molar-refractivity contribution in [3.05, 3.63) is 84.7 Å². The van der Waals surface area contributed by atoms with E-state index < -0.39 is 6.09 Å². The van der Waals surface area contributed by atoms with Crippen molar-refractivity contribution in [2.75, 3.05) is 5.32 Å². The highest BCUT2D eigenvalue weighted by atomic mass is 16.7. The van der Waals surface area contributed by atoms with Gasteiger partial charge in [0.25, 0.3) is 0 Å². The highest BCUT2D eigenvalue weighted by Crippen LogP contribution is 2.29. The number of benzene rings is 2. The van der Waals surface area contributed by atoms with Crippen LogP contribution in [0.1, 0.15) is 5.56 Å². The van der Waals surface area contributed by atoms with Crippen molar-refractivity contribution in [2.24, 2.45) is 5.16 Å². The summed E-state index contributed by atoms with van der Waals surface area (Å²) in [4.78, 5) is 20.6. The maximum atomic E-state index is 11.9. The Bertz CT molecular complexity index is 852. The van der Waals surface area contributed by atoms with Gasteiger partial charge < -0.3 is 4.74 Å². The molecule has 1 aromatic heterocycles. The van der Waals surface area contributed by atoms with Crippen LogP contribution in [0.3, 0.4) is 0 Å². The number of aromatic nitrogens is 1. The molecule has 0 radical (unpaired) electrons. The van der Waals surface area contributed by atoms with Gasteiger partial charge in [-0.1, -0.05) is 41.6 Å². The predicted octanol–water partition coefficient (Wildman–Crippen LogP) is 4.46. The maximum absolute atomic E-state index is 11.9. The van der Waals surface area contributed by atoms with Gasteiger partial charge in [0.2, 0.25) is 0 Å². The van der Waals surface area contributed by atoms with E-state index >= 15 is 0 Å². The average molecular weight is 333 g/mol. The molecule has 2 aromatic carbocycles. The van der Waals surface area contributed by atoms with E-state index in [0.717, 1.165) is 5.56 Å². The molecule has 1 heterocycles. The van der Waals surface area contributed by atoms with E-state index in [2.05, 4.69) is 15.5 Å². The summed E-state index contributed by atoms with van der Waals surface area (Å²) in [6, 6.07) is 19.9. The van der Waals surface area contributed by atoms with Gasteiger partial charge in [-0.05, 0) is 30.3 Å². The van der Waals surface area contributed by atoms with Crippen LogP contribution in [0.2, 0.25) is 0 Å². The van der Waals surface area contributed by atoms with E-state index in [1.54, 1.807) is 42.7 Å². The van der Waals surface area contributed by atoms with Gasteiger partial charge in [-0.3, -0.25) is 15.1 Å². The van der Waals surface area contributed by atoms with Crippen molar-refractivity contribution in [3.8, 4) is 11.5 Å². The largest absolute Gasteiger partial charge is 0.455 e. The highest BCUT2D eigenvalue weighted by Gasteiger charge is 2.09. The lowest BCUT2D eigenvalue weighted by Gasteiger charge is -2.11. The number of ether oxygens (including phenoxy) is 1. The molecule has 0 fully saturated rings. The van der Waals surface area contributed by atoms with Gasteiger partial charge in [0.05, 0.1) is 11.9 Å². The lowest BCUT2D eigenvalue weighted by molar-refractivity contribution is 0.167. The van der Waals surface area contributed by atoms with E-state index in [1.165, 1.54) is 6.21 Å². The highest BCUT2D eigenvalue weighted by molar-refractivity contribution is 5.87. The Hall–Kier alpha value is -3.67. The lowest BCUT2D eigenvalue weighted by atomic mass is 10.3. The molecule has 124 valence electrons. The summed E-state index contributed by atoms with van der Waals surface area (Å²) in [5.41, 5.74) is 1.20. The number of pyridine rings is 1. The Morgan fingerprint density at radius 3 is 2.60 bits per heavy atom. The zero-order valence-corrected chi connectivity index (χ0v) is 13.2. The van der Waals surface area contributed by atoms with E-state index in [0.29, 0.717) is 17.2 Å². The summed E-state index contributed by atoms with van der Waals surface area (Å²) in [5.74, 6) is 1.17. The summed E-state index contributed by atoms with van der Waals surface area (Å²) < 4.78 is 5.77. The van der Waals surface area contributed by atoms with Gasteiger partial charge in [-0.15, -0.1) is 0 Å². The molecule has 25 heavy (non-hydrogen) atoms. The number of carbonyl (C=O) groups is 1. The Morgan fingerprint density at radius 1 is 1.00 bits per heavy atom. The molecule has 1 amide bonds. The molecule has 0 bridgehead atoms. The van der Waals surface area contributed by atoms with Crippen LogP contribution in [0.4, 0.5) is 10.5 Å². The van der Waals surface area contributed by atoms with Gasteiger partial charge in [-0.2, -0.15) is 0 Å². The first kappa shape index (κ1) is 16.2. The van der Waals surface area contributed by atoms with Crippen LogP contribution in [0.25, 0.3) is 0 Å². The quantitative estimate of drug-likeness (QED) is 0.425. The number of amides is 1. The van der Waals surface area contributed by atoms with Gasteiger partial charge in [0.15, 0.2) is 5.75 Å². The Balaban J connectivity index is 1.62. The normalized spacial score (nSPS) is 10.4. The second kappa shape index (κ2) is 8.26. The number of hydrogen-bond donors (Lipinski definition) is 1. The molecule has 3 aromatic rings. The summed E-state index contributed by atoms with van der Waals surface area (Å²) in [6.45, 7) is 0. The fourth-order valence-electron chi connectivity index (χ4n) is 1.99. The van der Waals surface area contributed by atoms with E-state index in [1.807, 2.05) is 36.4 Å². The predicted molar refractivity (Wildman–Crippen MR) is 94.9 cm³/mol. The summed E-state index contributed by atoms with van der Waals surface area (Å²) >= 11 is 0. The van der Waals surface area contributed by atoms with Gasteiger partial charge >= 0.3 is 6.09 Å². The average Bonchev–Trinajstić information content (AvgIpc) is 2.65. The minimum absolute atomic E-state index is 0.480. The molecular weight excluding hydrogens is 318 g/mol. The van der Waals surface area contributed by atoms with Crippen LogP contribution in [0, 0.1) is 0 Å². The molecule has 1 N–H and O–H groups in total. The molecular formula is C19H15N3O3. The number of hydrogen-bond acceptors (Lipinski definition) is 5. The molecule has 6 heteroatoms. The molecule has 0 saturated heterocycles. The van der Waals surface area contributed by atoms with Crippen LogP contribution < -0.4 is 10.1 Å². The van der Waals surface area contributed by atoms with Gasteiger partial charge in [0.1, 0.15) is 5.75 Å². The fourth-order valence-corrected chi connectivity index (χ4v) is 1.99. The van der Waals surface area contributed by atoms with Crippen molar-refractivity contribution in [2.45, 2.75) is 0 Å². The molecule has 0 spiro atoms. The molecule has 0 aliphatic rings. The number of nitrogens with one attached hydrogen (secondary N) is 1. The van der Waals surface area contributed by atoms with Crippen LogP contribution >= 0.6 is 0 Å². The van der Waals surface area contributed by atoms with Gasteiger partial charge in [0, 0.05) is 18.0 Å². The van der Waals surface area contributed by atoms with Crippen LogP contribution in [-0.2, 0) is 4.84 Å². The zero-order chi connectivity index (χ0) is 17.3. The number of oxime groups is 1. The summed E-state index contributed by atoms with van der Waals surface area (Å²) in [7, 11) is 0. The summed E-state index contributed by atoms with van der Waals surface area (Å²) in [5, 5.41) is 6.24. The fraction of sp³-hybridized carbons (Fsp3) is 0. The Labute approximate surface area is 144 Å². The van der Waals surface area contributed by atoms with E-state index in [9.17, 15) is 4.79 Å². The van der Waals surface area contributed by atoms with E-state index in [4.69, 9.17) is 9.57 Å². The number of nitrogens with zero attached hydrogens (tertiary/aromatic N) is 2. The van der Waals surface area contributed by atoms with Gasteiger partial charge in [-0.25, -0.2) is 4.79 Å². The first-order valence-electron chi connectivity index (χ1n) is 7.54. The number of carbonyl (C=O) groups excluding carboxylic acids is 1. The Morgan fingerprint density at radius 2 is 1.80 bits per heavy atom. The second-order valence-corrected chi connectivity index (χ2v) is 4.94. The molecule has 0 unspecified atom stereocenters. The standard InChI is InChI=1S/C19H15N3O3/c23-19(25-21-14-15-7-6-12-20-13-15)22-17-10-4-5-11-18(17)24-16-8-2-1-3-9-16/h1-14H,(H,22,23). The third-order valence-corrected chi connectivity index (χ3v) is 3.12. The topological polar surface area (TPSA) is 72.8 Å². The third kappa shape index (κ3) is 4.90. The van der Waals surface area contributed by atoms with Crippen molar-refractivity contribution < 1.29 is 14.4 Å². The van der Waals surface area contributed by atoms with Crippen LogP contribution in [0.15, 0.2) is 84.3 Å². The minimum Gasteiger partial charge on any atom is -0.455 e. The third-order valence-electron chi connectivity index (χ3n) is 3.12. The molecule has 0 aliphatic heterocycles. The van der Waals surface area contributed by atoms with Crippen molar-refractivity contribution >= 4 is 18.0 Å². The molecule has 0 atom stereocenters. The second-order valence-electron chi connectivity index (χ2n) is 4.94. The lowest BCUT2D eigenvalue weighted by Crippen LogP contribution is -2.11. The molecule has 3 rings (SSSR count). The zero-order valence-electron chi connectivity index (χ0n) is 13.2. The smallest absolute Gasteiger partial charge is 0.437 e. The van der Waals surface area contributed by atoms with Crippen molar-refractivity contribution in [1.29, 1.82) is 0 Å². The van der Waals surface area contributed by atoms with Crippen LogP contribution in [0.5, 0.6) is 11.5 Å². The maximum Gasteiger partial charge on any atom is 0.437 e. The van der Waals surface area contributed by atoms with E-state index in [-0.39, 0.29) is 0 Å². The van der Waals surface area contributed by atoms with Crippen molar-refractivity contribution in [3.63, 3.8) is 0 Å². The first-order chi connectivity index (χ1) is 12.3. The number of anilines is 1. The number of rotatable bonds is 5. The number of para-hydroxylation sites is 3. The molecule has 6 nitrogen and oxygen atoms in total. The first-order valence-corrected chi connectivity index (χ1v) is 7.54. The molecule has 0 saturated carbocycles. The van der Waals surface area contributed by atoms with Crippen molar-refractivity contribution in [1.82, 2.24) is 4.98 Å². The summed E-state index contributed by atoms with van der Waals surface area (Å²) in [6.07, 6.45) is 3.94.